The van der Waals surface area contributed by atoms with Gasteiger partial charge in [-0.15, -0.1) is 0 Å². The fourth-order valence-electron chi connectivity index (χ4n) is 2.38. The van der Waals surface area contributed by atoms with Crippen molar-refractivity contribution in [2.45, 2.75) is 6.42 Å². The third kappa shape index (κ3) is 4.71. The van der Waals surface area contributed by atoms with Crippen LogP contribution in [-0.4, -0.2) is 5.97 Å². The van der Waals surface area contributed by atoms with Gasteiger partial charge in [0.1, 0.15) is 11.5 Å². The molecular weight excluding hydrogens is 311 g/mol. The van der Waals surface area contributed by atoms with Crippen LogP contribution in [0.4, 0.5) is 0 Å². The molecule has 0 aliphatic carbocycles. The smallest absolute Gasteiger partial charge is 0.550 e. The van der Waals surface area contributed by atoms with Crippen molar-refractivity contribution in [3.8, 4) is 22.6 Å². The van der Waals surface area contributed by atoms with Gasteiger partial charge in [0, 0.05) is 18.0 Å². The topological polar surface area (TPSA) is 49.4 Å². The predicted octanol–water partition coefficient (Wildman–Crippen LogP) is 0.442. The van der Waals surface area contributed by atoms with E-state index in [4.69, 9.17) is 4.74 Å². The van der Waals surface area contributed by atoms with Crippen LogP contribution in [-0.2, 0) is 11.2 Å². The number of rotatable bonds is 5. The Bertz CT molecular complexity index is 799. The number of para-hydroxylation sites is 1. The first-order valence-corrected chi connectivity index (χ1v) is 7.33. The predicted molar refractivity (Wildman–Crippen MR) is 87.1 cm³/mol. The van der Waals surface area contributed by atoms with Gasteiger partial charge in [-0.05, 0) is 29.3 Å². The molecule has 0 atom stereocenters. The maximum absolute atomic E-state index is 10.6. The van der Waals surface area contributed by atoms with E-state index >= 15 is 0 Å². The van der Waals surface area contributed by atoms with Gasteiger partial charge in [0.2, 0.25) is 0 Å². The molecule has 3 nitrogen and oxygen atoms in total. The third-order valence-electron chi connectivity index (χ3n) is 3.47. The summed E-state index contributed by atoms with van der Waals surface area (Å²) < 4.78 is 5.96. The molecular formula is C20H15NaO3. The van der Waals surface area contributed by atoms with Crippen LogP contribution in [0, 0.1) is 0 Å². The molecule has 4 heteroatoms. The minimum atomic E-state index is -1.09. The molecule has 0 saturated heterocycles. The van der Waals surface area contributed by atoms with E-state index in [9.17, 15) is 9.90 Å². The number of carboxylic acids is 1. The normalized spacial score (nSPS) is 9.83. The Morgan fingerprint density at radius 2 is 1.46 bits per heavy atom. The first-order valence-electron chi connectivity index (χ1n) is 7.33. The van der Waals surface area contributed by atoms with E-state index in [0.29, 0.717) is 11.3 Å². The van der Waals surface area contributed by atoms with Gasteiger partial charge < -0.3 is 14.6 Å². The molecule has 0 aromatic heterocycles. The molecule has 0 heterocycles. The van der Waals surface area contributed by atoms with Crippen LogP contribution in [0.3, 0.4) is 0 Å². The molecule has 0 aliphatic rings. The number of carbonyl (C=O) groups is 1. The van der Waals surface area contributed by atoms with Gasteiger partial charge >= 0.3 is 29.6 Å². The summed E-state index contributed by atoms with van der Waals surface area (Å²) in [6.45, 7) is 0. The minimum absolute atomic E-state index is 0. The van der Waals surface area contributed by atoms with E-state index in [1.807, 2.05) is 54.6 Å². The summed E-state index contributed by atoms with van der Waals surface area (Å²) in [5.41, 5.74) is 2.78. The van der Waals surface area contributed by atoms with Gasteiger partial charge in [0.15, 0.2) is 0 Å². The van der Waals surface area contributed by atoms with Crippen LogP contribution in [0.5, 0.6) is 11.5 Å². The second-order valence-electron chi connectivity index (χ2n) is 5.16. The van der Waals surface area contributed by atoms with Crippen LogP contribution in [0.25, 0.3) is 11.1 Å². The second-order valence-corrected chi connectivity index (χ2v) is 5.16. The van der Waals surface area contributed by atoms with Crippen molar-refractivity contribution < 1.29 is 44.2 Å². The molecule has 0 spiro atoms. The Hall–Kier alpha value is -2.07. The van der Waals surface area contributed by atoms with Crippen LogP contribution in [0.15, 0.2) is 78.9 Å². The van der Waals surface area contributed by atoms with Crippen molar-refractivity contribution in [2.24, 2.45) is 0 Å². The fourth-order valence-corrected chi connectivity index (χ4v) is 2.38. The number of ether oxygens (including phenoxy) is 1. The second kappa shape index (κ2) is 8.69. The zero-order valence-electron chi connectivity index (χ0n) is 13.4. The average molecular weight is 326 g/mol. The maximum atomic E-state index is 10.6. The molecule has 0 amide bonds. The van der Waals surface area contributed by atoms with Gasteiger partial charge in [-0.1, -0.05) is 60.7 Å². The third-order valence-corrected chi connectivity index (χ3v) is 3.47. The Morgan fingerprint density at radius 3 is 2.12 bits per heavy atom. The van der Waals surface area contributed by atoms with Crippen molar-refractivity contribution in [1.82, 2.24) is 0 Å². The fraction of sp³-hybridized carbons (Fsp3) is 0.0500. The zero-order chi connectivity index (χ0) is 16.1. The zero-order valence-corrected chi connectivity index (χ0v) is 15.4. The van der Waals surface area contributed by atoms with E-state index in [0.717, 1.165) is 16.9 Å². The SMILES string of the molecule is O=C([O-])Cc1ccc(Oc2ccccc2-c2ccccc2)cc1.[Na+]. The van der Waals surface area contributed by atoms with E-state index < -0.39 is 5.97 Å². The molecule has 0 unspecified atom stereocenters. The maximum Gasteiger partial charge on any atom is 1.00 e. The van der Waals surface area contributed by atoms with Crippen LogP contribution in [0.2, 0.25) is 0 Å². The van der Waals surface area contributed by atoms with Crippen molar-refractivity contribution in [3.05, 3.63) is 84.4 Å². The molecule has 3 aromatic carbocycles. The van der Waals surface area contributed by atoms with Gasteiger partial charge in [-0.3, -0.25) is 0 Å². The summed E-state index contributed by atoms with van der Waals surface area (Å²) >= 11 is 0. The number of carbonyl (C=O) groups excluding carboxylic acids is 1. The Morgan fingerprint density at radius 1 is 0.833 bits per heavy atom. The molecule has 3 rings (SSSR count). The molecule has 0 bridgehead atoms. The van der Waals surface area contributed by atoms with Crippen LogP contribution in [0.1, 0.15) is 5.56 Å². The van der Waals surface area contributed by atoms with Gasteiger partial charge in [-0.25, -0.2) is 0 Å². The van der Waals surface area contributed by atoms with Crippen molar-refractivity contribution in [3.63, 3.8) is 0 Å². The summed E-state index contributed by atoms with van der Waals surface area (Å²) in [5.74, 6) is 0.329. The van der Waals surface area contributed by atoms with Crippen molar-refractivity contribution in [1.29, 1.82) is 0 Å². The summed E-state index contributed by atoms with van der Waals surface area (Å²) in [5, 5.41) is 10.6. The summed E-state index contributed by atoms with van der Waals surface area (Å²) in [7, 11) is 0. The number of hydrogen-bond acceptors (Lipinski definition) is 3. The average Bonchev–Trinajstić information content (AvgIpc) is 2.57. The molecule has 0 radical (unpaired) electrons. The molecule has 0 N–H and O–H groups in total. The van der Waals surface area contributed by atoms with Gasteiger partial charge in [0.05, 0.1) is 0 Å². The summed E-state index contributed by atoms with van der Waals surface area (Å²) in [6, 6.07) is 24.8. The monoisotopic (exact) mass is 326 g/mol. The van der Waals surface area contributed by atoms with Crippen molar-refractivity contribution >= 4 is 5.97 Å². The van der Waals surface area contributed by atoms with E-state index in [-0.39, 0.29) is 36.0 Å². The van der Waals surface area contributed by atoms with Crippen LogP contribution < -0.4 is 39.4 Å². The number of carboxylic acid groups (broad SMARTS) is 1. The molecule has 0 saturated carbocycles. The molecule has 114 valence electrons. The quantitative estimate of drug-likeness (QED) is 0.640. The number of aliphatic carboxylic acids is 1. The molecule has 0 fully saturated rings. The van der Waals surface area contributed by atoms with Crippen molar-refractivity contribution in [2.75, 3.05) is 0 Å². The van der Waals surface area contributed by atoms with E-state index in [1.54, 1.807) is 24.3 Å². The largest absolute Gasteiger partial charge is 1.00 e. The molecule has 24 heavy (non-hydrogen) atoms. The Labute approximate surface area is 163 Å². The number of hydrogen-bond donors (Lipinski definition) is 0. The summed E-state index contributed by atoms with van der Waals surface area (Å²) in [4.78, 5) is 10.6. The Balaban J connectivity index is 0.00000208. The molecule has 3 aromatic rings. The Kier molecular flexibility index (Phi) is 6.62. The first kappa shape index (κ1) is 18.3. The van der Waals surface area contributed by atoms with Gasteiger partial charge in [0.25, 0.3) is 0 Å². The van der Waals surface area contributed by atoms with E-state index in [1.165, 1.54) is 0 Å². The standard InChI is InChI=1S/C20H16O3.Na/c21-20(22)14-15-10-12-17(13-11-15)23-19-9-5-4-8-18(19)16-6-2-1-3-7-16;/h1-13H,14H2,(H,21,22);/q;+1/p-1. The summed E-state index contributed by atoms with van der Waals surface area (Å²) in [6.07, 6.45) is -0.0963. The minimum Gasteiger partial charge on any atom is -0.550 e. The van der Waals surface area contributed by atoms with E-state index in [2.05, 4.69) is 0 Å². The first-order chi connectivity index (χ1) is 11.2. The number of benzene rings is 3. The van der Waals surface area contributed by atoms with Gasteiger partial charge in [-0.2, -0.15) is 0 Å². The van der Waals surface area contributed by atoms with Crippen LogP contribution >= 0.6 is 0 Å². The molecule has 0 aliphatic heterocycles.